The van der Waals surface area contributed by atoms with Gasteiger partial charge >= 0.3 is 46.0 Å². The van der Waals surface area contributed by atoms with Crippen LogP contribution in [0, 0.1) is 0 Å². The van der Waals surface area contributed by atoms with Gasteiger partial charge in [-0.15, -0.1) is 0 Å². The van der Waals surface area contributed by atoms with E-state index >= 15 is 0 Å². The van der Waals surface area contributed by atoms with Crippen LogP contribution in [0.2, 0.25) is 0 Å². The van der Waals surface area contributed by atoms with Gasteiger partial charge in [0.1, 0.15) is 0 Å². The van der Waals surface area contributed by atoms with E-state index in [2.05, 4.69) is 34.8 Å². The zero-order chi connectivity index (χ0) is 27.0. The normalized spacial score (nSPS) is 20.2. The highest BCUT2D eigenvalue weighted by molar-refractivity contribution is 6.37. The molecular formula is C10H3Cl3F18Si. The largest absolute Gasteiger partial charge is 0.393 e. The van der Waals surface area contributed by atoms with Crippen LogP contribution >= 0.6 is 34.8 Å². The third kappa shape index (κ3) is 3.79. The summed E-state index contributed by atoms with van der Waals surface area (Å²) in [6.07, 6.45) is 0. The van der Waals surface area contributed by atoms with E-state index in [0.29, 0.717) is 0 Å². The molecule has 0 amide bonds. The second-order valence-corrected chi connectivity index (χ2v) is 8.75. The number of alkyl halides is 21. The van der Waals surface area contributed by atoms with Crippen LogP contribution in [0.3, 0.4) is 0 Å². The molecule has 0 nitrogen and oxygen atoms in total. The van der Waals surface area contributed by atoms with Gasteiger partial charge in [-0.25, -0.2) is 17.6 Å². The third-order valence-corrected chi connectivity index (χ3v) is 6.10. The Morgan fingerprint density at radius 3 is 0.781 bits per heavy atom. The zero-order valence-electron chi connectivity index (χ0n) is 13.9. The van der Waals surface area contributed by atoms with Crippen molar-refractivity contribution in [2.24, 2.45) is 0 Å². The van der Waals surface area contributed by atoms with E-state index in [4.69, 9.17) is 0 Å². The van der Waals surface area contributed by atoms with Gasteiger partial charge < -0.3 is 0 Å². The number of hydrogen-bond donors (Lipinski definition) is 0. The predicted octanol–water partition coefficient (Wildman–Crippen LogP) is 6.40. The monoisotopic (exact) mass is 598 g/mol. The summed E-state index contributed by atoms with van der Waals surface area (Å²) in [6, 6.07) is 0. The van der Waals surface area contributed by atoms with Gasteiger partial charge in [0.25, 0.3) is 10.7 Å². The van der Waals surface area contributed by atoms with E-state index in [0.717, 1.165) is 0 Å². The molecule has 32 heavy (non-hydrogen) atoms. The van der Waals surface area contributed by atoms with Gasteiger partial charge in [-0.1, -0.05) is 23.2 Å². The summed E-state index contributed by atoms with van der Waals surface area (Å²) >= 11 is 11.1. The van der Waals surface area contributed by atoms with Crippen molar-refractivity contribution in [3.8, 4) is 0 Å². The fourth-order valence-corrected chi connectivity index (χ4v) is 2.66. The molecule has 0 aromatic rings. The lowest BCUT2D eigenvalue weighted by molar-refractivity contribution is -0.442. The molecule has 0 rings (SSSR count). The van der Waals surface area contributed by atoms with Crippen LogP contribution < -0.4 is 0 Å². The van der Waals surface area contributed by atoms with Crippen molar-refractivity contribution >= 4 is 45.0 Å². The maximum absolute atomic E-state index is 13.8. The van der Waals surface area contributed by atoms with Crippen LogP contribution in [-0.4, -0.2) is 67.0 Å². The molecule has 0 N–H and O–H groups in total. The number of halogens is 21. The molecule has 0 saturated heterocycles. The SMILES string of the molecule is FC(F)([SiH3])C(F)(Cl)C(F)(Cl)C(F)(F)C(F)(F)C(F)(F)C(F)(F)C(F)(F)C(F)(F)C(F)(F)Cl. The maximum Gasteiger partial charge on any atom is 0.393 e. The van der Waals surface area contributed by atoms with Crippen molar-refractivity contribution in [2.45, 2.75) is 56.7 Å². The van der Waals surface area contributed by atoms with Gasteiger partial charge in [0, 0.05) is 0 Å². The molecule has 2 atom stereocenters. The number of rotatable bonds is 9. The van der Waals surface area contributed by atoms with E-state index in [-0.39, 0.29) is 0 Å². The molecule has 0 saturated carbocycles. The van der Waals surface area contributed by atoms with Crippen molar-refractivity contribution in [2.75, 3.05) is 0 Å². The van der Waals surface area contributed by atoms with Crippen molar-refractivity contribution in [1.82, 2.24) is 0 Å². The second kappa shape index (κ2) is 7.66. The minimum absolute atomic E-state index is 2.20. The van der Waals surface area contributed by atoms with Crippen molar-refractivity contribution in [1.29, 1.82) is 0 Å². The Bertz CT molecular complexity index is 645. The fourth-order valence-electron chi connectivity index (χ4n) is 1.64. The lowest BCUT2D eigenvalue weighted by Crippen LogP contribution is -2.76. The van der Waals surface area contributed by atoms with Crippen LogP contribution in [0.15, 0.2) is 0 Å². The number of hydrogen-bond acceptors (Lipinski definition) is 0. The van der Waals surface area contributed by atoms with Crippen LogP contribution in [0.5, 0.6) is 0 Å². The summed E-state index contributed by atoms with van der Waals surface area (Å²) in [5.41, 5.74) is -5.68. The van der Waals surface area contributed by atoms with E-state index < -0.39 is 67.0 Å². The maximum atomic E-state index is 13.8. The van der Waals surface area contributed by atoms with Gasteiger partial charge in [-0.2, -0.15) is 61.5 Å². The Morgan fingerprint density at radius 2 is 0.562 bits per heavy atom. The summed E-state index contributed by atoms with van der Waals surface area (Å²) in [7, 11) is -2.20. The molecule has 0 aromatic heterocycles. The highest BCUT2D eigenvalue weighted by atomic mass is 35.5. The lowest BCUT2D eigenvalue weighted by Gasteiger charge is -2.45. The Hall–Kier alpha value is -0.173. The molecule has 0 bridgehead atoms. The summed E-state index contributed by atoms with van der Waals surface area (Å²) < 4.78 is 238. The standard InChI is InChI=1S/C10H3Cl3F18Si/c11-1(14,2(12,15)10(30,31)32)3(16,17)4(18,19)5(20,21)6(22,23)7(24,25)8(26,27)9(13,28)29/h32H3. The molecule has 0 heterocycles. The van der Waals surface area contributed by atoms with Crippen molar-refractivity contribution in [3.63, 3.8) is 0 Å². The minimum Gasteiger partial charge on any atom is -0.215 e. The average Bonchev–Trinajstić information content (AvgIpc) is 2.51. The first-order chi connectivity index (χ1) is 13.2. The molecule has 0 fully saturated rings. The molecule has 2 unspecified atom stereocenters. The van der Waals surface area contributed by atoms with Gasteiger partial charge in [0.05, 0.1) is 10.2 Å². The Kier molecular flexibility index (Phi) is 7.62. The molecule has 0 spiro atoms. The van der Waals surface area contributed by atoms with Crippen LogP contribution in [0.1, 0.15) is 0 Å². The molecule has 0 radical (unpaired) electrons. The highest BCUT2D eigenvalue weighted by Crippen LogP contribution is 2.66. The first kappa shape index (κ1) is 31.8. The van der Waals surface area contributed by atoms with E-state index in [1.54, 1.807) is 0 Å². The van der Waals surface area contributed by atoms with Gasteiger partial charge in [-0.3, -0.25) is 0 Å². The summed E-state index contributed by atoms with van der Waals surface area (Å²) in [6.45, 7) is 0. The van der Waals surface area contributed by atoms with E-state index in [9.17, 15) is 79.0 Å². The molecular weight excluding hydrogens is 597 g/mol. The van der Waals surface area contributed by atoms with E-state index in [1.165, 1.54) is 0 Å². The van der Waals surface area contributed by atoms with Crippen LogP contribution in [0.25, 0.3) is 0 Å². The Labute approximate surface area is 181 Å². The molecule has 194 valence electrons. The van der Waals surface area contributed by atoms with Gasteiger partial charge in [0.2, 0.25) is 0 Å². The average molecular weight is 600 g/mol. The summed E-state index contributed by atoms with van der Waals surface area (Å²) in [5.74, 6) is -50.4. The first-order valence-corrected chi connectivity index (χ1v) is 8.85. The molecule has 0 aliphatic heterocycles. The zero-order valence-corrected chi connectivity index (χ0v) is 18.2. The molecule has 0 aromatic carbocycles. The molecule has 0 aliphatic carbocycles. The Balaban J connectivity index is 7.00. The minimum atomic E-state index is -8.74. The van der Waals surface area contributed by atoms with Crippen LogP contribution in [-0.2, 0) is 0 Å². The van der Waals surface area contributed by atoms with Crippen molar-refractivity contribution < 1.29 is 79.0 Å². The summed E-state index contributed by atoms with van der Waals surface area (Å²) in [4.78, 5) is 0. The third-order valence-electron chi connectivity index (χ3n) is 3.67. The van der Waals surface area contributed by atoms with Crippen molar-refractivity contribution in [3.05, 3.63) is 0 Å². The molecule has 22 heteroatoms. The smallest absolute Gasteiger partial charge is 0.215 e. The van der Waals surface area contributed by atoms with Crippen LogP contribution in [0.4, 0.5) is 79.0 Å². The van der Waals surface area contributed by atoms with E-state index in [1.807, 2.05) is 0 Å². The van der Waals surface area contributed by atoms with Gasteiger partial charge in [-0.05, 0) is 11.6 Å². The fraction of sp³-hybridized carbons (Fsp3) is 1.00. The van der Waals surface area contributed by atoms with Gasteiger partial charge in [0.15, 0.2) is 0 Å². The predicted molar refractivity (Wildman–Crippen MR) is 74.8 cm³/mol. The first-order valence-electron chi connectivity index (χ1n) is 6.72. The topological polar surface area (TPSA) is 0 Å². The summed E-state index contributed by atoms with van der Waals surface area (Å²) in [5, 5.41) is -20.3. The second-order valence-electron chi connectivity index (χ2n) is 5.98. The Morgan fingerprint density at radius 1 is 0.344 bits per heavy atom. The quantitative estimate of drug-likeness (QED) is 0.164. The highest BCUT2D eigenvalue weighted by Gasteiger charge is 2.96. The molecule has 0 aliphatic rings. The lowest BCUT2D eigenvalue weighted by atomic mass is 9.88.